The molecule has 0 fully saturated rings. The van der Waals surface area contributed by atoms with Crippen LogP contribution in [0.1, 0.15) is 62.6 Å². The molecule has 2 aromatic rings. The van der Waals surface area contributed by atoms with E-state index in [9.17, 15) is 18.0 Å². The number of ether oxygens (including phenoxy) is 1. The quantitative estimate of drug-likeness (QED) is 0.331. The lowest BCUT2D eigenvalue weighted by Crippen LogP contribution is -2.49. The Labute approximate surface area is 228 Å². The number of hydrogen-bond acceptors (Lipinski definition) is 5. The number of hydrogen-bond donors (Lipinski definition) is 1. The van der Waals surface area contributed by atoms with Gasteiger partial charge in [-0.25, -0.2) is 8.42 Å². The molecular formula is C29H43N3O5S. The Morgan fingerprint density at radius 2 is 1.63 bits per heavy atom. The maximum Gasteiger partial charge on any atom is 0.242 e. The molecule has 8 nitrogen and oxygen atoms in total. The van der Waals surface area contributed by atoms with Crippen LogP contribution in [0.5, 0.6) is 5.75 Å². The van der Waals surface area contributed by atoms with Gasteiger partial charge in [0.25, 0.3) is 0 Å². The molecule has 0 saturated heterocycles. The Morgan fingerprint density at radius 3 is 2.16 bits per heavy atom. The van der Waals surface area contributed by atoms with Gasteiger partial charge in [-0.15, -0.1) is 0 Å². The third-order valence-electron chi connectivity index (χ3n) is 6.37. The van der Waals surface area contributed by atoms with Crippen LogP contribution in [0.25, 0.3) is 0 Å². The van der Waals surface area contributed by atoms with Gasteiger partial charge in [-0.2, -0.15) is 0 Å². The Morgan fingerprint density at radius 1 is 1.00 bits per heavy atom. The van der Waals surface area contributed by atoms with Gasteiger partial charge in [0.2, 0.25) is 21.8 Å². The second-order valence-corrected chi connectivity index (χ2v) is 11.6. The third-order valence-corrected chi connectivity index (χ3v) is 7.57. The zero-order valence-corrected chi connectivity index (χ0v) is 24.4. The molecule has 1 atom stereocenters. The summed E-state index contributed by atoms with van der Waals surface area (Å²) in [6, 6.07) is 12.5. The van der Waals surface area contributed by atoms with E-state index in [1.54, 1.807) is 12.0 Å². The largest absolute Gasteiger partial charge is 0.497 e. The van der Waals surface area contributed by atoms with Gasteiger partial charge in [0.1, 0.15) is 11.8 Å². The monoisotopic (exact) mass is 545 g/mol. The van der Waals surface area contributed by atoms with Crippen LogP contribution in [0.15, 0.2) is 42.5 Å². The molecule has 0 heterocycles. The number of carbonyl (C=O) groups is 2. The minimum atomic E-state index is -3.54. The van der Waals surface area contributed by atoms with E-state index in [2.05, 4.69) is 12.2 Å². The van der Waals surface area contributed by atoms with Gasteiger partial charge < -0.3 is 15.0 Å². The van der Waals surface area contributed by atoms with Crippen molar-refractivity contribution in [3.8, 4) is 5.75 Å². The van der Waals surface area contributed by atoms with Crippen molar-refractivity contribution in [1.29, 1.82) is 0 Å². The Kier molecular flexibility index (Phi) is 12.1. The summed E-state index contributed by atoms with van der Waals surface area (Å²) in [5.74, 6) is 0.353. The first-order valence-electron chi connectivity index (χ1n) is 13.3. The number of carbonyl (C=O) groups excluding carboxylic acids is 2. The predicted molar refractivity (Wildman–Crippen MR) is 153 cm³/mol. The Balaban J connectivity index is 2.22. The number of sulfonamides is 1. The summed E-state index contributed by atoms with van der Waals surface area (Å²) < 4.78 is 31.8. The molecule has 1 N–H and O–H groups in total. The molecule has 0 spiro atoms. The summed E-state index contributed by atoms with van der Waals surface area (Å²) >= 11 is 0. The summed E-state index contributed by atoms with van der Waals surface area (Å²) in [5, 5.41) is 2.96. The molecule has 2 aromatic carbocycles. The van der Waals surface area contributed by atoms with E-state index in [4.69, 9.17) is 4.74 Å². The van der Waals surface area contributed by atoms with Crippen molar-refractivity contribution >= 4 is 27.5 Å². The fourth-order valence-electron chi connectivity index (χ4n) is 4.45. The van der Waals surface area contributed by atoms with Crippen LogP contribution in [0.3, 0.4) is 0 Å². The van der Waals surface area contributed by atoms with Crippen molar-refractivity contribution in [3.05, 3.63) is 59.2 Å². The highest BCUT2D eigenvalue weighted by molar-refractivity contribution is 7.92. The molecule has 0 aliphatic carbocycles. The lowest BCUT2D eigenvalue weighted by molar-refractivity contribution is -0.141. The van der Waals surface area contributed by atoms with E-state index in [0.717, 1.165) is 29.5 Å². The number of nitrogens with zero attached hydrogens (tertiary/aromatic N) is 2. The van der Waals surface area contributed by atoms with Crippen molar-refractivity contribution < 1.29 is 22.7 Å². The first-order valence-corrected chi connectivity index (χ1v) is 15.1. The van der Waals surface area contributed by atoms with E-state index in [1.165, 1.54) is 10.6 Å². The predicted octanol–water partition coefficient (Wildman–Crippen LogP) is 4.58. The number of aryl methyl sites for hydroxylation is 2. The number of nitrogens with one attached hydrogen (secondary N) is 1. The molecule has 0 aliphatic heterocycles. The first kappa shape index (κ1) is 31.1. The van der Waals surface area contributed by atoms with Gasteiger partial charge >= 0.3 is 0 Å². The van der Waals surface area contributed by atoms with Gasteiger partial charge in [0.05, 0.1) is 19.1 Å². The van der Waals surface area contributed by atoms with Gasteiger partial charge in [0.15, 0.2) is 0 Å². The summed E-state index contributed by atoms with van der Waals surface area (Å²) in [4.78, 5) is 28.2. The maximum absolute atomic E-state index is 13.5. The Hall–Kier alpha value is -3.07. The second kappa shape index (κ2) is 14.8. The number of rotatable bonds is 15. The minimum absolute atomic E-state index is 0.117. The molecular weight excluding hydrogens is 502 g/mol. The number of benzene rings is 2. The van der Waals surface area contributed by atoms with E-state index in [-0.39, 0.29) is 31.3 Å². The minimum Gasteiger partial charge on any atom is -0.497 e. The van der Waals surface area contributed by atoms with E-state index >= 15 is 0 Å². The molecule has 0 saturated carbocycles. The van der Waals surface area contributed by atoms with Gasteiger partial charge in [-0.05, 0) is 74.1 Å². The molecule has 38 heavy (non-hydrogen) atoms. The van der Waals surface area contributed by atoms with Crippen LogP contribution in [0.2, 0.25) is 0 Å². The van der Waals surface area contributed by atoms with E-state index in [0.29, 0.717) is 30.8 Å². The molecule has 9 heteroatoms. The fourth-order valence-corrected chi connectivity index (χ4v) is 5.40. The maximum atomic E-state index is 13.5. The normalized spacial score (nSPS) is 12.1. The van der Waals surface area contributed by atoms with Crippen molar-refractivity contribution in [3.63, 3.8) is 0 Å². The molecule has 0 radical (unpaired) electrons. The van der Waals surface area contributed by atoms with Crippen molar-refractivity contribution in [2.24, 2.45) is 0 Å². The number of unbranched alkanes of at least 4 members (excludes halogenated alkanes) is 1. The fraction of sp³-hybridized carbons (Fsp3) is 0.517. The standard InChI is InChI=1S/C29H43N3O5S/c1-7-9-16-30-29(34)27(8-2)31(21-24-12-14-26(37-5)15-13-24)28(33)11-10-17-32(38(6,35)36)25-19-22(3)18-23(4)20-25/h12-15,18-20,27H,7-11,16-17,21H2,1-6H3,(H,30,34). The van der Waals surface area contributed by atoms with Crippen LogP contribution in [0.4, 0.5) is 5.69 Å². The molecule has 2 rings (SSSR count). The Bertz CT molecular complexity index is 1140. The van der Waals surface area contributed by atoms with Crippen LogP contribution in [-0.4, -0.2) is 57.6 Å². The average Bonchev–Trinajstić information content (AvgIpc) is 2.85. The molecule has 0 aromatic heterocycles. The summed E-state index contributed by atoms with van der Waals surface area (Å²) in [6.45, 7) is 8.81. The average molecular weight is 546 g/mol. The molecule has 2 amide bonds. The van der Waals surface area contributed by atoms with Gasteiger partial charge in [0, 0.05) is 26.1 Å². The topological polar surface area (TPSA) is 96.0 Å². The van der Waals surface area contributed by atoms with Crippen LogP contribution >= 0.6 is 0 Å². The number of methoxy groups -OCH3 is 1. The molecule has 0 aliphatic rings. The van der Waals surface area contributed by atoms with Gasteiger partial charge in [-0.3, -0.25) is 13.9 Å². The number of amides is 2. The van der Waals surface area contributed by atoms with E-state index < -0.39 is 16.1 Å². The smallest absolute Gasteiger partial charge is 0.242 e. The highest BCUT2D eigenvalue weighted by Gasteiger charge is 2.28. The highest BCUT2D eigenvalue weighted by atomic mass is 32.2. The SMILES string of the molecule is CCCCNC(=O)C(CC)N(Cc1ccc(OC)cc1)C(=O)CCCN(c1cc(C)cc(C)c1)S(C)(=O)=O. The summed E-state index contributed by atoms with van der Waals surface area (Å²) in [7, 11) is -1.95. The summed E-state index contributed by atoms with van der Waals surface area (Å²) in [6.07, 6.45) is 3.92. The van der Waals surface area contributed by atoms with Crippen LogP contribution in [-0.2, 0) is 26.2 Å². The van der Waals surface area contributed by atoms with Crippen molar-refractivity contribution in [2.75, 3.05) is 30.8 Å². The van der Waals surface area contributed by atoms with Crippen LogP contribution in [0, 0.1) is 13.8 Å². The zero-order valence-electron chi connectivity index (χ0n) is 23.6. The van der Waals surface area contributed by atoms with E-state index in [1.807, 2.05) is 63.2 Å². The van der Waals surface area contributed by atoms with Gasteiger partial charge in [-0.1, -0.05) is 38.5 Å². The lowest BCUT2D eigenvalue weighted by Gasteiger charge is -2.31. The van der Waals surface area contributed by atoms with Crippen molar-refractivity contribution in [2.45, 2.75) is 72.4 Å². The second-order valence-electron chi connectivity index (χ2n) is 9.72. The molecule has 210 valence electrons. The first-order chi connectivity index (χ1) is 18.0. The number of anilines is 1. The highest BCUT2D eigenvalue weighted by Crippen LogP contribution is 2.23. The van der Waals surface area contributed by atoms with Crippen molar-refractivity contribution in [1.82, 2.24) is 10.2 Å². The third kappa shape index (κ3) is 9.35. The molecule has 0 bridgehead atoms. The lowest BCUT2D eigenvalue weighted by atomic mass is 10.1. The molecule has 1 unspecified atom stereocenters. The van der Waals surface area contributed by atoms with Crippen LogP contribution < -0.4 is 14.4 Å². The summed E-state index contributed by atoms with van der Waals surface area (Å²) in [5.41, 5.74) is 3.41. The zero-order chi connectivity index (χ0) is 28.3.